The molecule has 1 aliphatic carbocycles. The number of sulfonamides is 1. The lowest BCUT2D eigenvalue weighted by molar-refractivity contribution is 0.310. The maximum absolute atomic E-state index is 12.8. The summed E-state index contributed by atoms with van der Waals surface area (Å²) in [6.07, 6.45) is 4.26. The van der Waals surface area contributed by atoms with Gasteiger partial charge in [0.1, 0.15) is 10.6 Å². The number of methoxy groups -OCH3 is 1. The van der Waals surface area contributed by atoms with Gasteiger partial charge in [-0.25, -0.2) is 13.1 Å². The molecular formula is C17H27NO3S. The van der Waals surface area contributed by atoms with Gasteiger partial charge in [-0.1, -0.05) is 39.7 Å². The largest absolute Gasteiger partial charge is 0.495 e. The molecule has 0 bridgehead atoms. The lowest BCUT2D eigenvalue weighted by Crippen LogP contribution is -2.41. The number of rotatable bonds is 5. The second-order valence-electron chi connectivity index (χ2n) is 6.55. The summed E-state index contributed by atoms with van der Waals surface area (Å²) in [4.78, 5) is 0.249. The first-order valence-electron chi connectivity index (χ1n) is 8.05. The minimum Gasteiger partial charge on any atom is -0.495 e. The van der Waals surface area contributed by atoms with Crippen LogP contribution in [0, 0.1) is 5.92 Å². The zero-order valence-corrected chi connectivity index (χ0v) is 14.7. The lowest BCUT2D eigenvalue weighted by atomic mass is 9.87. The van der Waals surface area contributed by atoms with Gasteiger partial charge in [0, 0.05) is 6.04 Å². The molecular weight excluding hydrogens is 298 g/mol. The Balaban J connectivity index is 2.33. The molecule has 0 spiro atoms. The topological polar surface area (TPSA) is 55.4 Å². The molecule has 1 aromatic carbocycles. The normalized spacial score (nSPS) is 22.8. The molecule has 0 aromatic heterocycles. The third-order valence-electron chi connectivity index (χ3n) is 4.56. The van der Waals surface area contributed by atoms with Crippen molar-refractivity contribution in [2.75, 3.05) is 7.11 Å². The van der Waals surface area contributed by atoms with E-state index in [4.69, 9.17) is 4.74 Å². The fraction of sp³-hybridized carbons (Fsp3) is 0.647. The van der Waals surface area contributed by atoms with Crippen LogP contribution in [0.25, 0.3) is 0 Å². The van der Waals surface area contributed by atoms with Crippen molar-refractivity contribution in [3.8, 4) is 5.75 Å². The summed E-state index contributed by atoms with van der Waals surface area (Å²) in [6.45, 7) is 6.22. The summed E-state index contributed by atoms with van der Waals surface area (Å²) in [5.74, 6) is 1.05. The Kier molecular flexibility index (Phi) is 5.50. The molecule has 124 valence electrons. The van der Waals surface area contributed by atoms with Gasteiger partial charge in [-0.2, -0.15) is 0 Å². The molecule has 1 aliphatic rings. The molecule has 5 heteroatoms. The molecule has 1 fully saturated rings. The average molecular weight is 325 g/mol. The molecule has 22 heavy (non-hydrogen) atoms. The van der Waals surface area contributed by atoms with Gasteiger partial charge in [-0.15, -0.1) is 0 Å². The summed E-state index contributed by atoms with van der Waals surface area (Å²) < 4.78 is 33.8. The van der Waals surface area contributed by atoms with E-state index in [-0.39, 0.29) is 16.9 Å². The van der Waals surface area contributed by atoms with E-state index in [0.29, 0.717) is 11.7 Å². The minimum absolute atomic E-state index is 0.0196. The van der Waals surface area contributed by atoms with Crippen LogP contribution in [0.3, 0.4) is 0 Å². The molecule has 0 aliphatic heterocycles. The third kappa shape index (κ3) is 3.82. The van der Waals surface area contributed by atoms with Crippen LogP contribution >= 0.6 is 0 Å². The van der Waals surface area contributed by atoms with Crippen LogP contribution in [-0.4, -0.2) is 21.6 Å². The van der Waals surface area contributed by atoms with Gasteiger partial charge in [0.15, 0.2) is 0 Å². The number of hydrogen-bond donors (Lipinski definition) is 1. The van der Waals surface area contributed by atoms with E-state index in [1.165, 1.54) is 13.5 Å². The zero-order chi connectivity index (χ0) is 16.3. The van der Waals surface area contributed by atoms with E-state index < -0.39 is 10.0 Å². The Morgan fingerprint density at radius 1 is 1.23 bits per heavy atom. The highest BCUT2D eigenvalue weighted by Gasteiger charge is 2.28. The van der Waals surface area contributed by atoms with Crippen molar-refractivity contribution in [2.24, 2.45) is 5.92 Å². The second kappa shape index (κ2) is 7.01. The Morgan fingerprint density at radius 3 is 2.50 bits per heavy atom. The number of nitrogens with one attached hydrogen (secondary N) is 1. The van der Waals surface area contributed by atoms with E-state index in [1.54, 1.807) is 12.1 Å². The molecule has 1 N–H and O–H groups in total. The Bertz CT molecular complexity index is 610. The van der Waals surface area contributed by atoms with Gasteiger partial charge >= 0.3 is 0 Å². The van der Waals surface area contributed by atoms with Crippen LogP contribution in [-0.2, 0) is 10.0 Å². The van der Waals surface area contributed by atoms with E-state index in [0.717, 1.165) is 24.8 Å². The summed E-state index contributed by atoms with van der Waals surface area (Å²) in [5.41, 5.74) is 0.998. The van der Waals surface area contributed by atoms with Crippen LogP contribution in [0.1, 0.15) is 57.9 Å². The second-order valence-corrected chi connectivity index (χ2v) is 8.24. The average Bonchev–Trinajstić information content (AvgIpc) is 2.48. The smallest absolute Gasteiger partial charge is 0.244 e. The highest BCUT2D eigenvalue weighted by atomic mass is 32.2. The monoisotopic (exact) mass is 325 g/mol. The van der Waals surface area contributed by atoms with Gasteiger partial charge in [-0.05, 0) is 42.4 Å². The van der Waals surface area contributed by atoms with Crippen molar-refractivity contribution in [1.82, 2.24) is 4.72 Å². The number of hydrogen-bond acceptors (Lipinski definition) is 3. The molecule has 4 nitrogen and oxygen atoms in total. The van der Waals surface area contributed by atoms with Crippen LogP contribution < -0.4 is 9.46 Å². The van der Waals surface area contributed by atoms with E-state index in [9.17, 15) is 8.42 Å². The summed E-state index contributed by atoms with van der Waals surface area (Å²) in [6, 6.07) is 5.42. The fourth-order valence-electron chi connectivity index (χ4n) is 3.02. The first-order chi connectivity index (χ1) is 10.3. The Hall–Kier alpha value is -1.07. The predicted octanol–water partition coefficient (Wildman–Crippen LogP) is 3.68. The Labute approximate surface area is 134 Å². The van der Waals surface area contributed by atoms with Gasteiger partial charge in [0.2, 0.25) is 10.0 Å². The molecule has 0 amide bonds. The van der Waals surface area contributed by atoms with Crippen molar-refractivity contribution in [2.45, 2.75) is 63.3 Å². The van der Waals surface area contributed by atoms with Crippen LogP contribution in [0.5, 0.6) is 5.75 Å². The van der Waals surface area contributed by atoms with E-state index >= 15 is 0 Å². The van der Waals surface area contributed by atoms with Gasteiger partial charge < -0.3 is 4.74 Å². The van der Waals surface area contributed by atoms with Crippen LogP contribution in [0.15, 0.2) is 23.1 Å². The van der Waals surface area contributed by atoms with Gasteiger partial charge in [-0.3, -0.25) is 0 Å². The molecule has 1 aromatic rings. The van der Waals surface area contributed by atoms with Crippen molar-refractivity contribution in [3.05, 3.63) is 23.8 Å². The third-order valence-corrected chi connectivity index (χ3v) is 6.07. The SMILES string of the molecule is COc1ccc(C(C)C)cc1S(=O)(=O)N[C@H]1CCCC[C@H]1C. The first-order valence-corrected chi connectivity index (χ1v) is 9.53. The maximum atomic E-state index is 12.8. The molecule has 0 radical (unpaired) electrons. The van der Waals surface area contributed by atoms with E-state index in [1.807, 2.05) is 6.07 Å². The fourth-order valence-corrected chi connectivity index (χ4v) is 4.60. The Morgan fingerprint density at radius 2 is 1.91 bits per heavy atom. The highest BCUT2D eigenvalue weighted by molar-refractivity contribution is 7.89. The summed E-state index contributed by atoms with van der Waals surface area (Å²) in [5, 5.41) is 0. The first kappa shape index (κ1) is 17.3. The predicted molar refractivity (Wildman–Crippen MR) is 88.8 cm³/mol. The van der Waals surface area contributed by atoms with Crippen molar-refractivity contribution in [3.63, 3.8) is 0 Å². The quantitative estimate of drug-likeness (QED) is 0.898. The molecule has 2 atom stereocenters. The van der Waals surface area contributed by atoms with Crippen molar-refractivity contribution < 1.29 is 13.2 Å². The van der Waals surface area contributed by atoms with Gasteiger partial charge in [0.25, 0.3) is 0 Å². The summed E-state index contributed by atoms with van der Waals surface area (Å²) >= 11 is 0. The number of benzene rings is 1. The standard InChI is InChI=1S/C17H27NO3S/c1-12(2)14-9-10-16(21-4)17(11-14)22(19,20)18-15-8-6-5-7-13(15)3/h9-13,15,18H,5-8H2,1-4H3/t13-,15+/m1/s1. The molecule has 0 saturated heterocycles. The van der Waals surface area contributed by atoms with Crippen molar-refractivity contribution in [1.29, 1.82) is 0 Å². The lowest BCUT2D eigenvalue weighted by Gasteiger charge is -2.29. The molecule has 0 unspecified atom stereocenters. The molecule has 0 heterocycles. The van der Waals surface area contributed by atoms with Gasteiger partial charge in [0.05, 0.1) is 7.11 Å². The zero-order valence-electron chi connectivity index (χ0n) is 13.9. The summed E-state index contributed by atoms with van der Waals surface area (Å²) in [7, 11) is -2.06. The maximum Gasteiger partial charge on any atom is 0.244 e. The highest BCUT2D eigenvalue weighted by Crippen LogP contribution is 2.30. The van der Waals surface area contributed by atoms with Crippen LogP contribution in [0.4, 0.5) is 0 Å². The molecule has 1 saturated carbocycles. The molecule has 2 rings (SSSR count). The van der Waals surface area contributed by atoms with E-state index in [2.05, 4.69) is 25.5 Å². The van der Waals surface area contributed by atoms with Crippen LogP contribution in [0.2, 0.25) is 0 Å². The minimum atomic E-state index is -3.57. The number of ether oxygens (including phenoxy) is 1. The van der Waals surface area contributed by atoms with Crippen molar-refractivity contribution >= 4 is 10.0 Å².